The number of hydrogen-bond acceptors (Lipinski definition) is 4. The van der Waals surface area contributed by atoms with Crippen LogP contribution in [-0.2, 0) is 9.84 Å². The maximum absolute atomic E-state index is 11.5. The lowest BCUT2D eigenvalue weighted by molar-refractivity contribution is 0.219. The standard InChI is InChI=1S/C15H24N2O2S/c1-12(2)13-3-5-14(6-4-13)15(11-16)17-7-9-20(18,19)10-8-17/h3-6,12,15H,7-11,16H2,1-2H3. The Bertz CT molecular complexity index is 523. The molecule has 1 fully saturated rings. The fourth-order valence-electron chi connectivity index (χ4n) is 2.64. The van der Waals surface area contributed by atoms with E-state index in [2.05, 4.69) is 43.0 Å². The number of hydrogen-bond donors (Lipinski definition) is 1. The Kier molecular flexibility index (Phi) is 4.83. The SMILES string of the molecule is CC(C)c1ccc(C(CN)N2CCS(=O)(=O)CC2)cc1. The summed E-state index contributed by atoms with van der Waals surface area (Å²) < 4.78 is 23.0. The first-order valence-corrected chi connectivity index (χ1v) is 8.99. The number of benzene rings is 1. The molecule has 5 heteroatoms. The van der Waals surface area contributed by atoms with Crippen LogP contribution in [0.5, 0.6) is 0 Å². The zero-order valence-electron chi connectivity index (χ0n) is 12.2. The first kappa shape index (κ1) is 15.5. The van der Waals surface area contributed by atoms with Gasteiger partial charge >= 0.3 is 0 Å². The van der Waals surface area contributed by atoms with Crippen molar-refractivity contribution in [3.8, 4) is 0 Å². The van der Waals surface area contributed by atoms with Crippen LogP contribution in [0.2, 0.25) is 0 Å². The number of nitrogens with zero attached hydrogens (tertiary/aromatic N) is 1. The van der Waals surface area contributed by atoms with E-state index in [0.29, 0.717) is 25.6 Å². The number of nitrogens with two attached hydrogens (primary N) is 1. The van der Waals surface area contributed by atoms with Crippen molar-refractivity contribution in [2.45, 2.75) is 25.8 Å². The maximum Gasteiger partial charge on any atom is 0.152 e. The highest BCUT2D eigenvalue weighted by Crippen LogP contribution is 2.24. The highest BCUT2D eigenvalue weighted by molar-refractivity contribution is 7.91. The Hall–Kier alpha value is -0.910. The van der Waals surface area contributed by atoms with Crippen LogP contribution in [-0.4, -0.2) is 44.5 Å². The van der Waals surface area contributed by atoms with E-state index in [0.717, 1.165) is 0 Å². The monoisotopic (exact) mass is 296 g/mol. The van der Waals surface area contributed by atoms with Gasteiger partial charge in [-0.3, -0.25) is 4.90 Å². The highest BCUT2D eigenvalue weighted by Gasteiger charge is 2.27. The molecule has 1 saturated heterocycles. The van der Waals surface area contributed by atoms with E-state index in [1.807, 2.05) is 0 Å². The zero-order chi connectivity index (χ0) is 14.8. The van der Waals surface area contributed by atoms with Crippen LogP contribution < -0.4 is 5.73 Å². The van der Waals surface area contributed by atoms with Crippen LogP contribution in [0.3, 0.4) is 0 Å². The summed E-state index contributed by atoms with van der Waals surface area (Å²) in [5.74, 6) is 1.00. The van der Waals surface area contributed by atoms with Gasteiger partial charge in [-0.15, -0.1) is 0 Å². The summed E-state index contributed by atoms with van der Waals surface area (Å²) in [6.07, 6.45) is 0. The molecule has 1 atom stereocenters. The molecule has 20 heavy (non-hydrogen) atoms. The van der Waals surface area contributed by atoms with E-state index in [4.69, 9.17) is 5.73 Å². The highest BCUT2D eigenvalue weighted by atomic mass is 32.2. The molecule has 1 aliphatic heterocycles. The van der Waals surface area contributed by atoms with Gasteiger partial charge in [0.1, 0.15) is 0 Å². The Morgan fingerprint density at radius 2 is 1.60 bits per heavy atom. The van der Waals surface area contributed by atoms with Crippen LogP contribution in [0.15, 0.2) is 24.3 Å². The lowest BCUT2D eigenvalue weighted by Gasteiger charge is -2.34. The third kappa shape index (κ3) is 3.59. The van der Waals surface area contributed by atoms with Gasteiger partial charge in [-0.25, -0.2) is 8.42 Å². The average Bonchev–Trinajstić information content (AvgIpc) is 2.42. The zero-order valence-corrected chi connectivity index (χ0v) is 13.1. The molecule has 0 radical (unpaired) electrons. The molecule has 2 rings (SSSR count). The molecule has 0 aromatic heterocycles. The Morgan fingerprint density at radius 1 is 1.10 bits per heavy atom. The molecular formula is C15H24N2O2S. The van der Waals surface area contributed by atoms with Gasteiger partial charge in [0.2, 0.25) is 0 Å². The normalized spacial score (nSPS) is 21.0. The summed E-state index contributed by atoms with van der Waals surface area (Å²) in [7, 11) is -2.84. The third-order valence-corrected chi connectivity index (χ3v) is 5.64. The third-order valence-electron chi connectivity index (χ3n) is 4.03. The van der Waals surface area contributed by atoms with Crippen LogP contribution in [0, 0.1) is 0 Å². The molecule has 0 spiro atoms. The first-order valence-electron chi connectivity index (χ1n) is 7.17. The van der Waals surface area contributed by atoms with E-state index in [1.54, 1.807) is 0 Å². The minimum Gasteiger partial charge on any atom is -0.329 e. The molecule has 1 unspecified atom stereocenters. The van der Waals surface area contributed by atoms with Crippen LogP contribution >= 0.6 is 0 Å². The Morgan fingerprint density at radius 3 is 2.05 bits per heavy atom. The molecule has 0 amide bonds. The smallest absolute Gasteiger partial charge is 0.152 e. The van der Waals surface area contributed by atoms with E-state index < -0.39 is 9.84 Å². The van der Waals surface area contributed by atoms with Crippen LogP contribution in [0.1, 0.15) is 36.9 Å². The molecule has 1 aliphatic rings. The molecular weight excluding hydrogens is 272 g/mol. The largest absolute Gasteiger partial charge is 0.329 e. The molecule has 0 saturated carbocycles. The van der Waals surface area contributed by atoms with Gasteiger partial charge in [0.15, 0.2) is 9.84 Å². The summed E-state index contributed by atoms with van der Waals surface area (Å²) in [4.78, 5) is 2.19. The molecule has 1 heterocycles. The number of sulfone groups is 1. The Labute approximate surface area is 121 Å². The quantitative estimate of drug-likeness (QED) is 0.915. The van der Waals surface area contributed by atoms with Crippen molar-refractivity contribution < 1.29 is 8.42 Å². The molecule has 4 nitrogen and oxygen atoms in total. The summed E-state index contributed by atoms with van der Waals surface area (Å²) in [6.45, 7) is 6.02. The van der Waals surface area contributed by atoms with Crippen molar-refractivity contribution in [2.75, 3.05) is 31.1 Å². The van der Waals surface area contributed by atoms with Gasteiger partial charge in [-0.2, -0.15) is 0 Å². The summed E-state index contributed by atoms with van der Waals surface area (Å²) in [5, 5.41) is 0. The number of rotatable bonds is 4. The van der Waals surface area contributed by atoms with Gasteiger partial charge in [-0.1, -0.05) is 38.1 Å². The van der Waals surface area contributed by atoms with Crippen molar-refractivity contribution in [3.05, 3.63) is 35.4 Å². The predicted molar refractivity (Wildman–Crippen MR) is 82.6 cm³/mol. The van der Waals surface area contributed by atoms with Gasteiger partial charge in [-0.05, 0) is 17.0 Å². The van der Waals surface area contributed by atoms with E-state index in [1.165, 1.54) is 11.1 Å². The molecule has 112 valence electrons. The van der Waals surface area contributed by atoms with Crippen molar-refractivity contribution in [2.24, 2.45) is 5.73 Å². The second kappa shape index (κ2) is 6.24. The molecule has 1 aromatic carbocycles. The van der Waals surface area contributed by atoms with Gasteiger partial charge in [0.25, 0.3) is 0 Å². The Balaban J connectivity index is 2.12. The van der Waals surface area contributed by atoms with Crippen molar-refractivity contribution in [3.63, 3.8) is 0 Å². The first-order chi connectivity index (χ1) is 9.43. The minimum atomic E-state index is -2.84. The summed E-state index contributed by atoms with van der Waals surface area (Å²) >= 11 is 0. The van der Waals surface area contributed by atoms with Crippen molar-refractivity contribution in [1.82, 2.24) is 4.90 Å². The van der Waals surface area contributed by atoms with Crippen LogP contribution in [0.25, 0.3) is 0 Å². The molecule has 2 N–H and O–H groups in total. The predicted octanol–water partition coefficient (Wildman–Crippen LogP) is 1.54. The fourth-order valence-corrected chi connectivity index (χ4v) is 3.87. The lowest BCUT2D eigenvalue weighted by atomic mass is 9.98. The van der Waals surface area contributed by atoms with Crippen molar-refractivity contribution in [1.29, 1.82) is 0 Å². The molecule has 1 aromatic rings. The summed E-state index contributed by atoms with van der Waals surface area (Å²) in [5.41, 5.74) is 8.40. The lowest BCUT2D eigenvalue weighted by Crippen LogP contribution is -2.44. The molecule has 0 bridgehead atoms. The average molecular weight is 296 g/mol. The maximum atomic E-state index is 11.5. The molecule has 0 aliphatic carbocycles. The topological polar surface area (TPSA) is 63.4 Å². The minimum absolute atomic E-state index is 0.117. The summed E-state index contributed by atoms with van der Waals surface area (Å²) in [6, 6.07) is 8.64. The second-order valence-corrected chi connectivity index (χ2v) is 8.06. The van der Waals surface area contributed by atoms with Gasteiger partial charge < -0.3 is 5.73 Å². The van der Waals surface area contributed by atoms with Crippen LogP contribution in [0.4, 0.5) is 0 Å². The van der Waals surface area contributed by atoms with Gasteiger partial charge in [0.05, 0.1) is 11.5 Å². The fraction of sp³-hybridized carbons (Fsp3) is 0.600. The van der Waals surface area contributed by atoms with E-state index >= 15 is 0 Å². The van der Waals surface area contributed by atoms with Crippen molar-refractivity contribution >= 4 is 9.84 Å². The second-order valence-electron chi connectivity index (χ2n) is 5.76. The van der Waals surface area contributed by atoms with E-state index in [-0.39, 0.29) is 17.5 Å². The van der Waals surface area contributed by atoms with E-state index in [9.17, 15) is 8.42 Å². The van der Waals surface area contributed by atoms with Gasteiger partial charge in [0, 0.05) is 25.7 Å².